The van der Waals surface area contributed by atoms with E-state index in [1.54, 1.807) is 18.9 Å². The molecule has 118 valence electrons. The molecule has 0 saturated carbocycles. The van der Waals surface area contributed by atoms with Crippen molar-refractivity contribution in [3.63, 3.8) is 0 Å². The minimum atomic E-state index is -1.71. The van der Waals surface area contributed by atoms with Crippen LogP contribution in [-0.2, 0) is 0 Å². The number of nitrogens with zero attached hydrogens (tertiary/aromatic N) is 1. The van der Waals surface area contributed by atoms with Gasteiger partial charge in [0.05, 0.1) is 20.7 Å². The van der Waals surface area contributed by atoms with E-state index in [-0.39, 0.29) is 5.91 Å². The highest BCUT2D eigenvalue weighted by Crippen LogP contribution is 2.27. The lowest BCUT2D eigenvalue weighted by molar-refractivity contribution is 0.0770. The van der Waals surface area contributed by atoms with Crippen molar-refractivity contribution < 1.29 is 9.53 Å². The van der Waals surface area contributed by atoms with Crippen LogP contribution in [0.1, 0.15) is 24.2 Å². The van der Waals surface area contributed by atoms with E-state index in [0.717, 1.165) is 34.5 Å². The van der Waals surface area contributed by atoms with Gasteiger partial charge in [0.25, 0.3) is 5.91 Å². The van der Waals surface area contributed by atoms with E-state index in [9.17, 15) is 4.79 Å². The van der Waals surface area contributed by atoms with E-state index in [1.165, 1.54) is 0 Å². The van der Waals surface area contributed by atoms with Crippen LogP contribution in [-0.4, -0.2) is 45.3 Å². The number of ether oxygens (including phenoxy) is 1. The Morgan fingerprint density at radius 3 is 2.19 bits per heavy atom. The summed E-state index contributed by atoms with van der Waals surface area (Å²) in [5, 5.41) is 1.13. The normalized spacial score (nSPS) is 11.4. The number of hydrogen-bond donors (Lipinski definition) is 0. The Kier molecular flexibility index (Phi) is 6.35. The van der Waals surface area contributed by atoms with E-state index >= 15 is 0 Å². The van der Waals surface area contributed by atoms with E-state index in [2.05, 4.69) is 19.6 Å². The minimum absolute atomic E-state index is 0.126. The second-order valence-electron chi connectivity index (χ2n) is 5.95. The highest BCUT2D eigenvalue weighted by Gasteiger charge is 2.31. The predicted molar refractivity (Wildman–Crippen MR) is 95.0 cm³/mol. The number of thioether (sulfide) groups is 1. The molecule has 0 N–H and O–H groups in total. The second kappa shape index (κ2) is 7.36. The highest BCUT2D eigenvalue weighted by molar-refractivity contribution is 7.98. The molecule has 0 aliphatic heterocycles. The van der Waals surface area contributed by atoms with Crippen LogP contribution in [0, 0.1) is 0 Å². The fourth-order valence-corrected chi connectivity index (χ4v) is 5.13. The van der Waals surface area contributed by atoms with Crippen molar-refractivity contribution in [1.29, 1.82) is 0 Å². The molecule has 0 unspecified atom stereocenters. The minimum Gasteiger partial charge on any atom is -0.497 e. The van der Waals surface area contributed by atoms with Crippen LogP contribution in [0.25, 0.3) is 0 Å². The van der Waals surface area contributed by atoms with Crippen LogP contribution in [0.15, 0.2) is 17.0 Å². The van der Waals surface area contributed by atoms with E-state index in [4.69, 9.17) is 4.74 Å². The third kappa shape index (κ3) is 3.83. The van der Waals surface area contributed by atoms with Gasteiger partial charge in [-0.25, -0.2) is 0 Å². The molecule has 21 heavy (non-hydrogen) atoms. The Hall–Kier alpha value is -0.943. The van der Waals surface area contributed by atoms with Gasteiger partial charge in [-0.15, -0.1) is 11.8 Å². The van der Waals surface area contributed by atoms with Crippen molar-refractivity contribution >= 4 is 30.9 Å². The third-order valence-electron chi connectivity index (χ3n) is 3.58. The van der Waals surface area contributed by atoms with Crippen LogP contribution in [0.5, 0.6) is 5.75 Å². The molecule has 0 fully saturated rings. The van der Waals surface area contributed by atoms with E-state index in [0.29, 0.717) is 0 Å². The molecule has 1 aromatic rings. The topological polar surface area (TPSA) is 29.5 Å². The van der Waals surface area contributed by atoms with Gasteiger partial charge in [-0.2, -0.15) is 0 Å². The summed E-state index contributed by atoms with van der Waals surface area (Å²) in [4.78, 5) is 15.9. The molecule has 0 heterocycles. The molecule has 0 saturated heterocycles. The first kappa shape index (κ1) is 18.1. The van der Waals surface area contributed by atoms with Gasteiger partial charge >= 0.3 is 0 Å². The van der Waals surface area contributed by atoms with Crippen LogP contribution < -0.4 is 9.92 Å². The lowest BCUT2D eigenvalue weighted by Crippen LogP contribution is -2.45. The molecule has 5 heteroatoms. The van der Waals surface area contributed by atoms with Crippen molar-refractivity contribution in [1.82, 2.24) is 4.90 Å². The van der Waals surface area contributed by atoms with Crippen LogP contribution >= 0.6 is 11.8 Å². The summed E-state index contributed by atoms with van der Waals surface area (Å²) >= 11 is 1.63. The molecule has 0 radical (unpaired) electrons. The van der Waals surface area contributed by atoms with Crippen molar-refractivity contribution in [3.8, 4) is 5.75 Å². The summed E-state index contributed by atoms with van der Waals surface area (Å²) in [5.41, 5.74) is 0.852. The maximum Gasteiger partial charge on any atom is 0.254 e. The van der Waals surface area contributed by atoms with Crippen LogP contribution in [0.2, 0.25) is 19.6 Å². The maximum atomic E-state index is 13.0. The van der Waals surface area contributed by atoms with Crippen molar-refractivity contribution in [3.05, 3.63) is 17.7 Å². The fourth-order valence-electron chi connectivity index (χ4n) is 2.53. The molecule has 1 amide bonds. The third-order valence-corrected chi connectivity index (χ3v) is 6.36. The molecule has 0 atom stereocenters. The molecule has 1 rings (SSSR count). The van der Waals surface area contributed by atoms with Crippen molar-refractivity contribution in [2.75, 3.05) is 26.5 Å². The largest absolute Gasteiger partial charge is 0.497 e. The zero-order chi connectivity index (χ0) is 16.2. The summed E-state index contributed by atoms with van der Waals surface area (Å²) in [7, 11) is -0.0271. The van der Waals surface area contributed by atoms with Gasteiger partial charge in [0.2, 0.25) is 0 Å². The van der Waals surface area contributed by atoms with Gasteiger partial charge in [0, 0.05) is 18.0 Å². The summed E-state index contributed by atoms with van der Waals surface area (Å²) in [6.07, 6.45) is 2.02. The smallest absolute Gasteiger partial charge is 0.254 e. The number of carbonyl (C=O) groups is 1. The highest BCUT2D eigenvalue weighted by atomic mass is 32.2. The van der Waals surface area contributed by atoms with Gasteiger partial charge in [0.15, 0.2) is 0 Å². The zero-order valence-corrected chi connectivity index (χ0v) is 16.1. The Balaban J connectivity index is 3.63. The molecule has 0 aliphatic rings. The Labute approximate surface area is 134 Å². The number of rotatable bonds is 6. The lowest BCUT2D eigenvalue weighted by atomic mass is 10.1. The molecule has 1 aromatic carbocycles. The van der Waals surface area contributed by atoms with Crippen molar-refractivity contribution in [2.45, 2.75) is 38.4 Å². The number of carbonyl (C=O) groups excluding carboxylic acids is 1. The maximum absolute atomic E-state index is 13.0. The monoisotopic (exact) mass is 325 g/mol. The van der Waals surface area contributed by atoms with Gasteiger partial charge in [-0.05, 0) is 37.4 Å². The first-order valence-electron chi connectivity index (χ1n) is 7.36. The van der Waals surface area contributed by atoms with E-state index in [1.807, 2.05) is 37.1 Å². The van der Waals surface area contributed by atoms with Crippen molar-refractivity contribution in [2.24, 2.45) is 0 Å². The quantitative estimate of drug-likeness (QED) is 0.593. The summed E-state index contributed by atoms with van der Waals surface area (Å²) in [6, 6.07) is 4.00. The molecule has 3 nitrogen and oxygen atoms in total. The Morgan fingerprint density at radius 2 is 1.81 bits per heavy atom. The first-order valence-corrected chi connectivity index (χ1v) is 12.1. The standard InChI is InChI=1S/C16H27NO2SSi/c1-8-17(9-2)16(18)14-13(20-4)11-10-12(19-3)15(14)21(5,6)7/h10-11H,8-9H2,1-7H3. The first-order chi connectivity index (χ1) is 9.81. The average molecular weight is 326 g/mol. The van der Waals surface area contributed by atoms with Crippen LogP contribution in [0.4, 0.5) is 0 Å². The molecule has 0 aliphatic carbocycles. The fraction of sp³-hybridized carbons (Fsp3) is 0.562. The molecule has 0 bridgehead atoms. The average Bonchev–Trinajstić information content (AvgIpc) is 2.45. The zero-order valence-electron chi connectivity index (χ0n) is 14.2. The number of hydrogen-bond acceptors (Lipinski definition) is 3. The molecular weight excluding hydrogens is 298 g/mol. The summed E-state index contributed by atoms with van der Waals surface area (Å²) in [5.74, 6) is 0.975. The predicted octanol–water partition coefficient (Wildman–Crippen LogP) is 3.44. The molecular formula is C16H27NO2SSi. The van der Waals surface area contributed by atoms with Gasteiger partial charge in [-0.1, -0.05) is 19.6 Å². The molecule has 0 spiro atoms. The SMILES string of the molecule is CCN(CC)C(=O)c1c(SC)ccc(OC)c1[Si](C)(C)C. The lowest BCUT2D eigenvalue weighted by Gasteiger charge is -2.28. The van der Waals surface area contributed by atoms with Gasteiger partial charge in [-0.3, -0.25) is 4.79 Å². The number of methoxy groups -OCH3 is 1. The molecule has 0 aromatic heterocycles. The Morgan fingerprint density at radius 1 is 1.24 bits per heavy atom. The summed E-state index contributed by atoms with van der Waals surface area (Å²) < 4.78 is 5.56. The number of benzene rings is 1. The number of amides is 1. The summed E-state index contributed by atoms with van der Waals surface area (Å²) in [6.45, 7) is 12.3. The van der Waals surface area contributed by atoms with E-state index < -0.39 is 8.07 Å². The Bertz CT molecular complexity index is 508. The van der Waals surface area contributed by atoms with Gasteiger partial charge < -0.3 is 9.64 Å². The van der Waals surface area contributed by atoms with Crippen LogP contribution in [0.3, 0.4) is 0 Å². The second-order valence-corrected chi connectivity index (χ2v) is 11.8. The van der Waals surface area contributed by atoms with Gasteiger partial charge in [0.1, 0.15) is 5.75 Å².